The number of carbonyl (C=O) groups excluding carboxylic acids is 3. The maximum atomic E-state index is 13.5. The number of nitro benzene ring substituents is 1. The van der Waals surface area contributed by atoms with E-state index in [0.29, 0.717) is 11.3 Å². The Morgan fingerprint density at radius 2 is 1.88 bits per heavy atom. The van der Waals surface area contributed by atoms with Crippen molar-refractivity contribution in [2.45, 2.75) is 44.3 Å². The van der Waals surface area contributed by atoms with Gasteiger partial charge < -0.3 is 19.1 Å². The first kappa shape index (κ1) is 29.3. The number of hydrogen-bond donors (Lipinski definition) is 2. The minimum absolute atomic E-state index is 0.0128. The fourth-order valence-electron chi connectivity index (χ4n) is 4.20. The van der Waals surface area contributed by atoms with Gasteiger partial charge in [-0.2, -0.15) is 4.72 Å². The highest BCUT2D eigenvalue weighted by Gasteiger charge is 2.60. The third kappa shape index (κ3) is 6.91. The Bertz CT molecular complexity index is 1450. The zero-order valence-corrected chi connectivity index (χ0v) is 23.0. The summed E-state index contributed by atoms with van der Waals surface area (Å²) in [6.07, 6.45) is -0.0128. The summed E-state index contributed by atoms with van der Waals surface area (Å²) in [4.78, 5) is 50.7. The van der Waals surface area contributed by atoms with Crippen LogP contribution in [0, 0.1) is 17.0 Å². The predicted molar refractivity (Wildman–Crippen MR) is 147 cm³/mol. The number of carbonyl (C=O) groups is 3. The van der Waals surface area contributed by atoms with Gasteiger partial charge in [-0.3, -0.25) is 24.6 Å². The average Bonchev–Trinajstić information content (AvgIpc) is 3.35. The molecule has 4 atom stereocenters. The van der Waals surface area contributed by atoms with E-state index < -0.39 is 51.5 Å². The molecule has 14 heteroatoms. The fourth-order valence-corrected chi connectivity index (χ4v) is 5.49. The van der Waals surface area contributed by atoms with Crippen molar-refractivity contribution in [3.63, 3.8) is 0 Å². The molecule has 4 rings (SSSR count). The van der Waals surface area contributed by atoms with Crippen molar-refractivity contribution in [1.29, 1.82) is 0 Å². The molecule has 0 radical (unpaired) electrons. The van der Waals surface area contributed by atoms with Crippen LogP contribution in [0.3, 0.4) is 0 Å². The van der Waals surface area contributed by atoms with E-state index >= 15 is 0 Å². The molecule has 1 saturated heterocycles. The van der Waals surface area contributed by atoms with Gasteiger partial charge in [-0.1, -0.05) is 42.1 Å². The van der Waals surface area contributed by atoms with Crippen LogP contribution in [-0.2, 0) is 43.5 Å². The molecule has 0 bridgehead atoms. The van der Waals surface area contributed by atoms with E-state index in [0.717, 1.165) is 10.5 Å². The molecule has 0 saturated carbocycles. The first-order valence-electron chi connectivity index (χ1n) is 12.4. The Balaban J connectivity index is 1.52. The van der Waals surface area contributed by atoms with Gasteiger partial charge in [-0.25, -0.2) is 4.79 Å². The van der Waals surface area contributed by atoms with Gasteiger partial charge in [0.05, 0.1) is 22.7 Å². The number of aromatic nitrogens is 1. The normalized spacial score (nSPS) is 17.6. The number of benzene rings is 2. The van der Waals surface area contributed by atoms with Crippen molar-refractivity contribution >= 4 is 40.7 Å². The van der Waals surface area contributed by atoms with E-state index in [-0.39, 0.29) is 30.1 Å². The van der Waals surface area contributed by atoms with E-state index in [1.807, 2.05) is 6.07 Å². The lowest BCUT2D eigenvalue weighted by Crippen LogP contribution is -2.77. The summed E-state index contributed by atoms with van der Waals surface area (Å²) in [6, 6.07) is 13.3. The quantitative estimate of drug-likeness (QED) is 0.0806. The smallest absolute Gasteiger partial charge is 0.333 e. The number of amides is 2. The fraction of sp³-hybridized carbons (Fsp3) is 0.259. The van der Waals surface area contributed by atoms with Gasteiger partial charge in [-0.15, -0.1) is 0 Å². The molecule has 3 aromatic rings. The molecule has 1 aromatic heterocycles. The molecule has 2 aromatic carbocycles. The molecule has 1 fully saturated rings. The minimum Gasteiger partial charge on any atom is -0.591 e. The van der Waals surface area contributed by atoms with Gasteiger partial charge in [0.2, 0.25) is 17.1 Å². The summed E-state index contributed by atoms with van der Waals surface area (Å²) in [7, 11) is 0. The maximum Gasteiger partial charge on any atom is 0.333 e. The summed E-state index contributed by atoms with van der Waals surface area (Å²) in [5.74, 6) is -1.38. The number of anilines is 1. The summed E-state index contributed by atoms with van der Waals surface area (Å²) < 4.78 is 26.5. The molecule has 1 aliphatic heterocycles. The van der Waals surface area contributed by atoms with Gasteiger partial charge in [0.1, 0.15) is 12.4 Å². The molecule has 0 aliphatic carbocycles. The van der Waals surface area contributed by atoms with Crippen molar-refractivity contribution in [2.24, 2.45) is 0 Å². The second kappa shape index (κ2) is 12.7. The van der Waals surface area contributed by atoms with Crippen LogP contribution in [0.2, 0.25) is 0 Å². The lowest BCUT2D eigenvalue weighted by Gasteiger charge is -2.48. The molecule has 0 spiro atoms. The van der Waals surface area contributed by atoms with Crippen molar-refractivity contribution in [3.8, 4) is 0 Å². The number of esters is 1. The zero-order chi connectivity index (χ0) is 29.7. The monoisotopic (exact) mass is 581 g/mol. The Kier molecular flexibility index (Phi) is 9.04. The molecule has 214 valence electrons. The van der Waals surface area contributed by atoms with E-state index in [1.54, 1.807) is 31.2 Å². The Hall–Kier alpha value is -4.69. The van der Waals surface area contributed by atoms with Crippen molar-refractivity contribution in [2.75, 3.05) is 4.72 Å². The van der Waals surface area contributed by atoms with Crippen molar-refractivity contribution < 1.29 is 33.1 Å². The standard InChI is InChI=1S/C27H27N5O8S/c1-16(2)24(27(35)39-15-19-9-11-20(12-10-19)32(36)37)31-25(34)23(28-22(33)14-18-7-5-4-6-8-18)26(31)41(38)30-21-13-17(3)40-29-21/h4-13,23-24,26H,1,14-15H2,2-3H3,(H,28,33)(H,29,30)/t23-,24?,26-,41?/m1/s1. The number of ether oxygens (including phenoxy) is 1. The summed E-state index contributed by atoms with van der Waals surface area (Å²) >= 11 is -2.05. The number of nitro groups is 1. The number of likely N-dealkylation sites (tertiary alicyclic amines) is 1. The maximum absolute atomic E-state index is 13.5. The second-order valence-corrected chi connectivity index (χ2v) is 10.6. The summed E-state index contributed by atoms with van der Waals surface area (Å²) in [6.45, 7) is 6.75. The molecule has 2 heterocycles. The molecule has 13 nitrogen and oxygen atoms in total. The molecule has 2 unspecified atom stereocenters. The number of nitrogens with one attached hydrogen (secondary N) is 2. The number of nitrogens with zero attached hydrogens (tertiary/aromatic N) is 3. The summed E-state index contributed by atoms with van der Waals surface area (Å²) in [5, 5.41) is 16.1. The molecule has 41 heavy (non-hydrogen) atoms. The van der Waals surface area contributed by atoms with Crippen molar-refractivity contribution in [3.05, 3.63) is 99.8 Å². The van der Waals surface area contributed by atoms with Crippen LogP contribution in [0.4, 0.5) is 11.5 Å². The molecule has 2 N–H and O–H groups in total. The zero-order valence-electron chi connectivity index (χ0n) is 22.1. The number of hydrogen-bond acceptors (Lipinski definition) is 10. The van der Waals surface area contributed by atoms with Gasteiger partial charge in [0, 0.05) is 18.2 Å². The Labute approximate surface area is 238 Å². The third-order valence-corrected chi connectivity index (χ3v) is 7.50. The molecule has 1 aliphatic rings. The van der Waals surface area contributed by atoms with Crippen LogP contribution in [-0.4, -0.2) is 54.8 Å². The first-order chi connectivity index (χ1) is 19.5. The van der Waals surface area contributed by atoms with E-state index in [2.05, 4.69) is 21.8 Å². The number of rotatable bonds is 12. The van der Waals surface area contributed by atoms with Crippen LogP contribution >= 0.6 is 0 Å². The highest BCUT2D eigenvalue weighted by atomic mass is 32.2. The number of non-ortho nitro benzene ring substituents is 1. The lowest BCUT2D eigenvalue weighted by atomic mass is 9.99. The van der Waals surface area contributed by atoms with Crippen LogP contribution in [0.15, 0.2) is 77.3 Å². The van der Waals surface area contributed by atoms with E-state index in [9.17, 15) is 29.1 Å². The Morgan fingerprint density at radius 3 is 2.46 bits per heavy atom. The third-order valence-electron chi connectivity index (χ3n) is 6.15. The Morgan fingerprint density at radius 1 is 1.20 bits per heavy atom. The van der Waals surface area contributed by atoms with E-state index in [4.69, 9.17) is 9.26 Å². The molecular formula is C27H27N5O8S. The van der Waals surface area contributed by atoms with Gasteiger partial charge in [0.15, 0.2) is 12.1 Å². The second-order valence-electron chi connectivity index (χ2n) is 9.35. The largest absolute Gasteiger partial charge is 0.591 e. The van der Waals surface area contributed by atoms with Gasteiger partial charge >= 0.3 is 5.97 Å². The summed E-state index contributed by atoms with van der Waals surface area (Å²) in [5.41, 5.74) is 1.32. The highest BCUT2D eigenvalue weighted by molar-refractivity contribution is 7.93. The number of aryl methyl sites for hydroxylation is 1. The molecule has 2 amide bonds. The van der Waals surface area contributed by atoms with Crippen LogP contribution < -0.4 is 10.0 Å². The van der Waals surface area contributed by atoms with Crippen molar-refractivity contribution in [1.82, 2.24) is 15.4 Å². The van der Waals surface area contributed by atoms with Crippen LogP contribution in [0.1, 0.15) is 23.8 Å². The lowest BCUT2D eigenvalue weighted by molar-refractivity contribution is -0.384. The SMILES string of the molecule is C=C(C)C(C(=O)OCc1ccc([N+](=O)[O-])cc1)N1C(=O)[C@@H](NC(=O)Cc2ccccc2)[C@H]1[S+]([O-])Nc1cc(C)on1. The average molecular weight is 582 g/mol. The first-order valence-corrected chi connectivity index (χ1v) is 13.6. The van der Waals surface area contributed by atoms with Crippen LogP contribution in [0.25, 0.3) is 0 Å². The topological polar surface area (TPSA) is 180 Å². The van der Waals surface area contributed by atoms with Gasteiger partial charge in [0.25, 0.3) is 11.6 Å². The molecular weight excluding hydrogens is 554 g/mol. The minimum atomic E-state index is -2.05. The van der Waals surface area contributed by atoms with Crippen LogP contribution in [0.5, 0.6) is 0 Å². The predicted octanol–water partition coefficient (Wildman–Crippen LogP) is 2.55. The van der Waals surface area contributed by atoms with E-state index in [1.165, 1.54) is 37.3 Å². The van der Waals surface area contributed by atoms with Gasteiger partial charge in [-0.05, 0) is 42.7 Å². The number of β-lactam (4-membered cyclic amide) rings is 1. The highest BCUT2D eigenvalue weighted by Crippen LogP contribution is 2.32.